The number of hydrogen-bond donors (Lipinski definition) is 0. The van der Waals surface area contributed by atoms with E-state index < -0.39 is 12.8 Å². The van der Waals surface area contributed by atoms with Crippen LogP contribution in [-0.2, 0) is 62.1 Å². The summed E-state index contributed by atoms with van der Waals surface area (Å²) < 4.78 is 12.4. The molecule has 0 fully saturated rings. The number of nitrogens with zero attached hydrogens (tertiary/aromatic N) is 2. The third kappa shape index (κ3) is 10.3. The van der Waals surface area contributed by atoms with Crippen LogP contribution in [0.2, 0.25) is 0 Å². The van der Waals surface area contributed by atoms with Gasteiger partial charge in [-0.2, -0.15) is 65.4 Å². The van der Waals surface area contributed by atoms with Gasteiger partial charge in [0.15, 0.2) is 6.42 Å². The Bertz CT molecular complexity index is 1040. The number of thiocarbonyl (C=S) groups is 1. The van der Waals surface area contributed by atoms with Crippen LogP contribution in [0.15, 0.2) is 114 Å². The van der Waals surface area contributed by atoms with E-state index in [9.17, 15) is 0 Å². The van der Waals surface area contributed by atoms with Gasteiger partial charge in [0, 0.05) is 0 Å². The molecular weight excluding hydrogens is 590 g/mol. The van der Waals surface area contributed by atoms with Crippen molar-refractivity contribution in [2.24, 2.45) is 4.76 Å². The topological polar surface area (TPSA) is 24.8 Å². The van der Waals surface area contributed by atoms with Crippen molar-refractivity contribution in [3.63, 3.8) is 0 Å². The normalized spacial score (nSPS) is 13.2. The van der Waals surface area contributed by atoms with Crippen molar-refractivity contribution in [1.82, 2.24) is 4.67 Å². The zero-order valence-electron chi connectivity index (χ0n) is 18.0. The molecule has 0 aromatic heterocycles. The summed E-state index contributed by atoms with van der Waals surface area (Å²) in [7, 11) is 3.80. The average Bonchev–Trinajstić information content (AvgIpc) is 3.58. The van der Waals surface area contributed by atoms with Crippen LogP contribution in [0.5, 0.6) is 0 Å². The van der Waals surface area contributed by atoms with Gasteiger partial charge in [-0.15, -0.1) is 0 Å². The Kier molecular flexibility index (Phi) is 16.7. The Morgan fingerprint density at radius 1 is 0.758 bits per heavy atom. The molecule has 0 aliphatic carbocycles. The Morgan fingerprint density at radius 2 is 1.15 bits per heavy atom. The monoisotopic (exact) mass is 614 g/mol. The van der Waals surface area contributed by atoms with E-state index in [-0.39, 0.29) is 34.1 Å². The largest absolute Gasteiger partial charge is 2.00 e. The first kappa shape index (κ1) is 32.5. The molecule has 4 aromatic carbocycles. The molecule has 0 saturated heterocycles. The molecule has 10 heteroatoms. The predicted octanol–water partition coefficient (Wildman–Crippen LogP) is 6.18. The Balaban J connectivity index is 0.000000701. The summed E-state index contributed by atoms with van der Waals surface area (Å²) in [6.45, 7) is 0. The maximum absolute atomic E-state index is 6.30. The van der Waals surface area contributed by atoms with Crippen molar-refractivity contribution in [3.05, 3.63) is 109 Å². The number of rotatable bonds is 6. The molecule has 0 aliphatic heterocycles. The maximum atomic E-state index is 6.30. The summed E-state index contributed by atoms with van der Waals surface area (Å²) in [5.41, 5.74) is 0. The molecule has 0 unspecified atom stereocenters. The zero-order valence-corrected chi connectivity index (χ0v) is 24.5. The summed E-state index contributed by atoms with van der Waals surface area (Å²) in [5, 5.41) is 4.19. The molecule has 4 aromatic rings. The van der Waals surface area contributed by atoms with Crippen LogP contribution in [0.25, 0.3) is 0 Å². The van der Waals surface area contributed by atoms with Crippen LogP contribution in [-0.4, -0.2) is 23.9 Å². The molecule has 0 bridgehead atoms. The standard InChI is InChI=1S/C13H14N2OP2S3.2C5H5.2Fe/c1-15(2)18(21,13-9-5-6-10-13)16-17(20,14-11-19)12-7-3-4-8-12;2*1-2-4-5-3-1;;/h3-10H,1-2H3;2*1-5H;;/q-2;2*-1;2*+2/t17-,18-;;;;/m0..../s1. The van der Waals surface area contributed by atoms with Gasteiger partial charge in [0.25, 0.3) is 0 Å². The quantitative estimate of drug-likeness (QED) is 0.0850. The summed E-state index contributed by atoms with van der Waals surface area (Å²) >= 11 is 16.3. The van der Waals surface area contributed by atoms with Gasteiger partial charge in [0.1, 0.15) is 6.42 Å². The van der Waals surface area contributed by atoms with Gasteiger partial charge in [0.05, 0.1) is 5.16 Å². The second-order valence-electron chi connectivity index (χ2n) is 6.37. The zero-order chi connectivity index (χ0) is 22.6. The SMILES string of the molecule is CN(C)[P@](=S)(O[P@@](=S)(N=C=S)[c-]1cccc1)[c-]1cccc1.[Fe+2].[Fe+2].c1cc[cH-]c1.c1cc[cH-]c1. The smallest absolute Gasteiger partial charge is 0.298 e. The fraction of sp³-hybridized carbons (Fsp3) is 0.0870. The second-order valence-corrected chi connectivity index (χ2v) is 14.3. The van der Waals surface area contributed by atoms with Crippen molar-refractivity contribution in [2.45, 2.75) is 0 Å². The van der Waals surface area contributed by atoms with Gasteiger partial charge in [-0.1, -0.05) is 22.4 Å². The predicted molar refractivity (Wildman–Crippen MR) is 146 cm³/mol. The van der Waals surface area contributed by atoms with Crippen molar-refractivity contribution in [2.75, 3.05) is 14.1 Å². The molecule has 176 valence electrons. The molecule has 0 saturated carbocycles. The molecule has 3 nitrogen and oxygen atoms in total. The summed E-state index contributed by atoms with van der Waals surface area (Å²) in [6, 6.07) is 35.4. The van der Waals surface area contributed by atoms with Crippen molar-refractivity contribution in [3.8, 4) is 0 Å². The van der Waals surface area contributed by atoms with E-state index in [4.69, 9.17) is 40.1 Å². The van der Waals surface area contributed by atoms with Gasteiger partial charge in [-0.25, -0.2) is 48.5 Å². The van der Waals surface area contributed by atoms with Crippen LogP contribution in [0.4, 0.5) is 0 Å². The van der Waals surface area contributed by atoms with Crippen LogP contribution in [0.3, 0.4) is 0 Å². The first-order valence-electron chi connectivity index (χ1n) is 9.39. The second kappa shape index (κ2) is 17.0. The molecule has 2 atom stereocenters. The van der Waals surface area contributed by atoms with E-state index in [1.54, 1.807) is 0 Å². The van der Waals surface area contributed by atoms with Gasteiger partial charge in [-0.3, -0.25) is 8.98 Å². The minimum Gasteiger partial charge on any atom is -0.298 e. The molecule has 0 spiro atoms. The third-order valence-corrected chi connectivity index (χ3v) is 13.0. The molecule has 33 heavy (non-hydrogen) atoms. The fourth-order valence-electron chi connectivity index (χ4n) is 2.42. The van der Waals surface area contributed by atoms with Crippen molar-refractivity contribution >= 4 is 64.4 Å². The van der Waals surface area contributed by atoms with Crippen LogP contribution < -0.4 is 10.6 Å². The van der Waals surface area contributed by atoms with E-state index in [1.165, 1.54) is 0 Å². The van der Waals surface area contributed by atoms with Gasteiger partial charge in [0.2, 0.25) is 0 Å². The maximum Gasteiger partial charge on any atom is 2.00 e. The molecule has 0 N–H and O–H groups in total. The van der Waals surface area contributed by atoms with Crippen molar-refractivity contribution in [1.29, 1.82) is 0 Å². The first-order chi connectivity index (χ1) is 14.9. The van der Waals surface area contributed by atoms with Crippen molar-refractivity contribution < 1.29 is 38.4 Å². The van der Waals surface area contributed by atoms with Gasteiger partial charge in [-0.05, 0) is 38.1 Å². The number of isothiocyanates is 1. The van der Waals surface area contributed by atoms with E-state index in [1.807, 2.05) is 128 Å². The van der Waals surface area contributed by atoms with Crippen LogP contribution in [0.1, 0.15) is 0 Å². The van der Waals surface area contributed by atoms with Crippen LogP contribution in [0, 0.1) is 0 Å². The van der Waals surface area contributed by atoms with E-state index in [0.717, 1.165) is 10.6 Å². The molecular formula is C23H24Fe2N2OP2S3. The third-order valence-electron chi connectivity index (χ3n) is 3.97. The van der Waals surface area contributed by atoms with E-state index in [2.05, 4.69) is 9.92 Å². The molecule has 0 heterocycles. The van der Waals surface area contributed by atoms with Crippen LogP contribution >= 0.6 is 25.0 Å². The fourth-order valence-corrected chi connectivity index (χ4v) is 10.4. The molecule has 0 aliphatic rings. The average molecular weight is 614 g/mol. The van der Waals surface area contributed by atoms with E-state index >= 15 is 0 Å². The number of hydrogen-bond acceptors (Lipinski definition) is 4. The van der Waals surface area contributed by atoms with Gasteiger partial charge >= 0.3 is 34.1 Å². The summed E-state index contributed by atoms with van der Waals surface area (Å²) in [6.07, 6.45) is -5.15. The Morgan fingerprint density at radius 3 is 1.45 bits per heavy atom. The molecule has 0 amide bonds. The Labute approximate surface area is 234 Å². The van der Waals surface area contributed by atoms with Gasteiger partial charge < -0.3 is 0 Å². The molecule has 0 radical (unpaired) electrons. The van der Waals surface area contributed by atoms with E-state index in [0.29, 0.717) is 0 Å². The molecule has 4 rings (SSSR count). The summed E-state index contributed by atoms with van der Waals surface area (Å²) in [5.74, 6) is 0. The Hall–Kier alpha value is -0.541. The minimum atomic E-state index is -2.69. The first-order valence-corrected chi connectivity index (χ1v) is 15.1. The summed E-state index contributed by atoms with van der Waals surface area (Å²) in [4.78, 5) is 0. The minimum absolute atomic E-state index is 0.